The van der Waals surface area contributed by atoms with Crippen LogP contribution in [0.1, 0.15) is 13.8 Å². The van der Waals surface area contributed by atoms with Crippen LogP contribution in [-0.4, -0.2) is 17.0 Å². The van der Waals surface area contributed by atoms with Gasteiger partial charge >= 0.3 is 0 Å². The number of pyridine rings is 1. The monoisotopic (exact) mass is 398 g/mol. The Hall–Kier alpha value is -1.79. The summed E-state index contributed by atoms with van der Waals surface area (Å²) in [4.78, 5) is 26.7. The number of nitrogens with one attached hydrogen (secondary N) is 2. The zero-order chi connectivity index (χ0) is 17.0. The number of amides is 1. The summed E-state index contributed by atoms with van der Waals surface area (Å²) < 4.78 is 6.40. The van der Waals surface area contributed by atoms with Gasteiger partial charge in [-0.25, -0.2) is 0 Å². The van der Waals surface area contributed by atoms with Crippen molar-refractivity contribution < 1.29 is 9.53 Å². The van der Waals surface area contributed by atoms with Crippen LogP contribution < -0.4 is 15.6 Å². The third-order valence-electron chi connectivity index (χ3n) is 3.05. The van der Waals surface area contributed by atoms with E-state index in [-0.39, 0.29) is 17.2 Å². The van der Waals surface area contributed by atoms with E-state index in [1.54, 1.807) is 24.3 Å². The van der Waals surface area contributed by atoms with Crippen LogP contribution in [0.5, 0.6) is 5.75 Å². The Morgan fingerprint density at radius 2 is 2.09 bits per heavy atom. The Kier molecular flexibility index (Phi) is 5.85. The van der Waals surface area contributed by atoms with Crippen molar-refractivity contribution in [1.82, 2.24) is 4.98 Å². The van der Waals surface area contributed by atoms with Gasteiger partial charge in [-0.3, -0.25) is 9.59 Å². The van der Waals surface area contributed by atoms with Gasteiger partial charge in [0.25, 0.3) is 11.5 Å². The quantitative estimate of drug-likeness (QED) is 0.802. The second-order valence-corrected chi connectivity index (χ2v) is 6.64. The molecule has 0 unspecified atom stereocenters. The highest BCUT2D eigenvalue weighted by molar-refractivity contribution is 9.10. The minimum atomic E-state index is -0.758. The number of hydrogen-bond acceptors (Lipinski definition) is 3. The van der Waals surface area contributed by atoms with E-state index in [1.807, 2.05) is 13.8 Å². The lowest BCUT2D eigenvalue weighted by molar-refractivity contribution is -0.124. The highest BCUT2D eigenvalue weighted by atomic mass is 79.9. The third-order valence-corrected chi connectivity index (χ3v) is 3.74. The van der Waals surface area contributed by atoms with Crippen LogP contribution in [0, 0.1) is 5.92 Å². The summed E-state index contributed by atoms with van der Waals surface area (Å²) in [6, 6.07) is 8.36. The van der Waals surface area contributed by atoms with E-state index in [0.29, 0.717) is 15.2 Å². The number of aromatic nitrogens is 1. The molecule has 0 saturated carbocycles. The molecular formula is C16H16BrClN2O3. The molecule has 0 spiro atoms. The molecule has 0 aliphatic carbocycles. The summed E-state index contributed by atoms with van der Waals surface area (Å²) in [5.41, 5.74) is -0.225. The van der Waals surface area contributed by atoms with Crippen molar-refractivity contribution in [2.45, 2.75) is 20.0 Å². The molecule has 122 valence electrons. The molecule has 7 heteroatoms. The Bertz CT molecular complexity index is 761. The summed E-state index contributed by atoms with van der Waals surface area (Å²) >= 11 is 9.17. The van der Waals surface area contributed by atoms with E-state index in [2.05, 4.69) is 26.2 Å². The largest absolute Gasteiger partial charge is 0.480 e. The molecule has 0 fully saturated rings. The fourth-order valence-corrected chi connectivity index (χ4v) is 2.46. The summed E-state index contributed by atoms with van der Waals surface area (Å²) in [7, 11) is 0. The molecule has 0 radical (unpaired) electrons. The van der Waals surface area contributed by atoms with Gasteiger partial charge in [-0.15, -0.1) is 0 Å². The SMILES string of the molecule is CC(C)[C@@H](Oc1cccc(Cl)c1)C(=O)Nc1cc(Br)c[nH]c1=O. The van der Waals surface area contributed by atoms with Crippen LogP contribution in [0.2, 0.25) is 5.02 Å². The van der Waals surface area contributed by atoms with Gasteiger partial charge in [0.2, 0.25) is 0 Å². The molecule has 0 aliphatic rings. The number of hydrogen-bond donors (Lipinski definition) is 2. The Labute approximate surface area is 147 Å². The first-order chi connectivity index (χ1) is 10.9. The minimum Gasteiger partial charge on any atom is -0.480 e. The van der Waals surface area contributed by atoms with Crippen molar-refractivity contribution in [1.29, 1.82) is 0 Å². The third kappa shape index (κ3) is 4.84. The van der Waals surface area contributed by atoms with Crippen LogP contribution in [0.4, 0.5) is 5.69 Å². The summed E-state index contributed by atoms with van der Waals surface area (Å²) in [5, 5.41) is 3.12. The first kappa shape index (κ1) is 17.6. The van der Waals surface area contributed by atoms with Gasteiger partial charge in [-0.2, -0.15) is 0 Å². The lowest BCUT2D eigenvalue weighted by Crippen LogP contribution is -2.38. The van der Waals surface area contributed by atoms with Crippen LogP contribution >= 0.6 is 27.5 Å². The van der Waals surface area contributed by atoms with E-state index in [1.165, 1.54) is 12.3 Å². The van der Waals surface area contributed by atoms with E-state index < -0.39 is 12.0 Å². The van der Waals surface area contributed by atoms with Crippen molar-refractivity contribution in [2.75, 3.05) is 5.32 Å². The number of ether oxygens (including phenoxy) is 1. The van der Waals surface area contributed by atoms with Gasteiger partial charge in [0, 0.05) is 15.7 Å². The molecular weight excluding hydrogens is 384 g/mol. The maximum atomic E-state index is 12.5. The van der Waals surface area contributed by atoms with Gasteiger partial charge in [0.1, 0.15) is 11.4 Å². The van der Waals surface area contributed by atoms with Gasteiger partial charge in [-0.1, -0.05) is 31.5 Å². The van der Waals surface area contributed by atoms with Crippen molar-refractivity contribution in [3.63, 3.8) is 0 Å². The summed E-state index contributed by atoms with van der Waals surface area (Å²) in [6.07, 6.45) is 0.743. The standard InChI is InChI=1S/C16H16BrClN2O3/c1-9(2)14(23-12-5-3-4-11(18)7-12)16(22)20-13-6-10(17)8-19-15(13)21/h3-9,14H,1-2H3,(H,19,21)(H,20,22)/t14-/m1/s1. The normalized spacial score (nSPS) is 12.0. The maximum Gasteiger partial charge on any atom is 0.271 e. The molecule has 0 saturated heterocycles. The number of aromatic amines is 1. The van der Waals surface area contributed by atoms with E-state index in [9.17, 15) is 9.59 Å². The van der Waals surface area contributed by atoms with Crippen LogP contribution in [0.25, 0.3) is 0 Å². The molecule has 1 amide bonds. The van der Waals surface area contributed by atoms with E-state index in [0.717, 1.165) is 0 Å². The molecule has 2 rings (SSSR count). The molecule has 1 heterocycles. The van der Waals surface area contributed by atoms with Crippen LogP contribution in [0.15, 0.2) is 45.8 Å². The van der Waals surface area contributed by atoms with Crippen molar-refractivity contribution in [3.05, 3.63) is 56.4 Å². The zero-order valence-corrected chi connectivity index (χ0v) is 14.9. The molecule has 5 nitrogen and oxygen atoms in total. The number of rotatable bonds is 5. The predicted molar refractivity (Wildman–Crippen MR) is 94.1 cm³/mol. The zero-order valence-electron chi connectivity index (χ0n) is 12.6. The first-order valence-electron chi connectivity index (χ1n) is 6.98. The molecule has 2 N–H and O–H groups in total. The summed E-state index contributed by atoms with van der Waals surface area (Å²) in [5.74, 6) is -0.00158. The highest BCUT2D eigenvalue weighted by Gasteiger charge is 2.25. The predicted octanol–water partition coefficient (Wildman–Crippen LogP) is 3.83. The molecule has 0 aliphatic heterocycles. The smallest absolute Gasteiger partial charge is 0.271 e. The average molecular weight is 400 g/mol. The average Bonchev–Trinajstić information content (AvgIpc) is 2.48. The second kappa shape index (κ2) is 7.66. The second-order valence-electron chi connectivity index (χ2n) is 5.29. The fourth-order valence-electron chi connectivity index (χ4n) is 1.93. The maximum absolute atomic E-state index is 12.5. The number of benzene rings is 1. The van der Waals surface area contributed by atoms with Crippen LogP contribution in [-0.2, 0) is 4.79 Å². The van der Waals surface area contributed by atoms with Gasteiger partial charge in [0.15, 0.2) is 6.10 Å². The topological polar surface area (TPSA) is 71.2 Å². The van der Waals surface area contributed by atoms with E-state index in [4.69, 9.17) is 16.3 Å². The van der Waals surface area contributed by atoms with Gasteiger partial charge < -0.3 is 15.0 Å². The first-order valence-corrected chi connectivity index (χ1v) is 8.15. The van der Waals surface area contributed by atoms with Gasteiger partial charge in [0.05, 0.1) is 0 Å². The van der Waals surface area contributed by atoms with E-state index >= 15 is 0 Å². The lowest BCUT2D eigenvalue weighted by atomic mass is 10.1. The minimum absolute atomic E-state index is 0.0970. The van der Waals surface area contributed by atoms with Crippen molar-refractivity contribution in [3.8, 4) is 5.75 Å². The van der Waals surface area contributed by atoms with Crippen molar-refractivity contribution >= 4 is 39.1 Å². The van der Waals surface area contributed by atoms with Crippen LogP contribution in [0.3, 0.4) is 0 Å². The molecule has 1 atom stereocenters. The van der Waals surface area contributed by atoms with Crippen molar-refractivity contribution in [2.24, 2.45) is 5.92 Å². The molecule has 1 aromatic heterocycles. The molecule has 0 bridgehead atoms. The number of carbonyl (C=O) groups is 1. The van der Waals surface area contributed by atoms with Gasteiger partial charge in [-0.05, 0) is 46.1 Å². The molecule has 23 heavy (non-hydrogen) atoms. The Balaban J connectivity index is 2.18. The molecule has 1 aromatic carbocycles. The number of H-pyrrole nitrogens is 1. The Morgan fingerprint density at radius 1 is 1.35 bits per heavy atom. The number of anilines is 1. The lowest BCUT2D eigenvalue weighted by Gasteiger charge is -2.21. The highest BCUT2D eigenvalue weighted by Crippen LogP contribution is 2.21. The summed E-state index contributed by atoms with van der Waals surface area (Å²) in [6.45, 7) is 3.72. The Morgan fingerprint density at radius 3 is 2.74 bits per heavy atom. The number of carbonyl (C=O) groups excluding carboxylic acids is 1. The fraction of sp³-hybridized carbons (Fsp3) is 0.250. The molecule has 2 aromatic rings. The number of halogens is 2.